The van der Waals surface area contributed by atoms with Crippen LogP contribution < -0.4 is 5.14 Å². The van der Waals surface area contributed by atoms with Crippen LogP contribution in [-0.2, 0) is 15.6 Å². The second-order valence-electron chi connectivity index (χ2n) is 4.95. The molecule has 0 aliphatic heterocycles. The van der Waals surface area contributed by atoms with Crippen molar-refractivity contribution in [3.63, 3.8) is 0 Å². The molecule has 0 aromatic carbocycles. The average Bonchev–Trinajstić information content (AvgIpc) is 2.74. The zero-order valence-electron chi connectivity index (χ0n) is 10.8. The predicted molar refractivity (Wildman–Crippen MR) is 67.4 cm³/mol. The molecule has 0 aliphatic rings. The van der Waals surface area contributed by atoms with Crippen molar-refractivity contribution in [2.45, 2.75) is 31.5 Å². The zero-order chi connectivity index (χ0) is 14.3. The lowest BCUT2D eigenvalue weighted by Crippen LogP contribution is -2.29. The van der Waals surface area contributed by atoms with Crippen LogP contribution in [0.2, 0.25) is 0 Å². The van der Waals surface area contributed by atoms with Gasteiger partial charge < -0.3 is 0 Å². The molecule has 2 aromatic rings. The van der Waals surface area contributed by atoms with E-state index in [0.717, 1.165) is 0 Å². The quantitative estimate of drug-likeness (QED) is 0.837. The Hall–Kier alpha value is -1.87. The first-order valence-electron chi connectivity index (χ1n) is 5.46. The minimum atomic E-state index is -3.96. The van der Waals surface area contributed by atoms with E-state index in [1.165, 1.54) is 23.2 Å². The van der Waals surface area contributed by atoms with E-state index in [9.17, 15) is 8.42 Å². The molecule has 2 heterocycles. The molecule has 0 aliphatic carbocycles. The lowest BCUT2D eigenvalue weighted by molar-refractivity contribution is 0.365. The fourth-order valence-electron chi connectivity index (χ4n) is 1.64. The standard InChI is InChI=1S/C10H14N6O2S/c1-10(2,3)16-8(7-6-12-4-5-13-7)14-15-9(16)19(11,17)18/h4-6H,1-3H3,(H2,11,17,18). The number of rotatable bonds is 2. The molecule has 2 aromatic heterocycles. The average molecular weight is 282 g/mol. The summed E-state index contributed by atoms with van der Waals surface area (Å²) >= 11 is 0. The van der Waals surface area contributed by atoms with E-state index in [0.29, 0.717) is 11.5 Å². The largest absolute Gasteiger partial charge is 0.290 e. The molecular weight excluding hydrogens is 268 g/mol. The normalized spacial score (nSPS) is 12.6. The molecule has 0 spiro atoms. The van der Waals surface area contributed by atoms with Crippen LogP contribution in [0.15, 0.2) is 23.7 Å². The Morgan fingerprint density at radius 3 is 2.37 bits per heavy atom. The van der Waals surface area contributed by atoms with Crippen molar-refractivity contribution in [2.75, 3.05) is 0 Å². The van der Waals surface area contributed by atoms with Crippen molar-refractivity contribution >= 4 is 10.0 Å². The lowest BCUT2D eigenvalue weighted by Gasteiger charge is -2.23. The van der Waals surface area contributed by atoms with Crippen LogP contribution in [0.3, 0.4) is 0 Å². The number of primary sulfonamides is 1. The van der Waals surface area contributed by atoms with Crippen LogP contribution in [0.4, 0.5) is 0 Å². The van der Waals surface area contributed by atoms with Gasteiger partial charge in [-0.3, -0.25) is 9.55 Å². The highest BCUT2D eigenvalue weighted by Crippen LogP contribution is 2.25. The van der Waals surface area contributed by atoms with E-state index in [4.69, 9.17) is 5.14 Å². The molecule has 2 rings (SSSR count). The van der Waals surface area contributed by atoms with E-state index in [-0.39, 0.29) is 5.16 Å². The highest BCUT2D eigenvalue weighted by molar-refractivity contribution is 7.89. The van der Waals surface area contributed by atoms with Crippen LogP contribution >= 0.6 is 0 Å². The third-order valence-electron chi connectivity index (χ3n) is 2.35. The monoisotopic (exact) mass is 282 g/mol. The molecule has 2 N–H and O–H groups in total. The number of hydrogen-bond donors (Lipinski definition) is 1. The van der Waals surface area contributed by atoms with E-state index in [1.807, 2.05) is 20.8 Å². The van der Waals surface area contributed by atoms with E-state index in [2.05, 4.69) is 20.2 Å². The molecule has 0 saturated carbocycles. The third kappa shape index (κ3) is 2.61. The molecule has 9 heteroatoms. The van der Waals surface area contributed by atoms with Gasteiger partial charge in [0.25, 0.3) is 15.2 Å². The van der Waals surface area contributed by atoms with Gasteiger partial charge in [0.2, 0.25) is 0 Å². The van der Waals surface area contributed by atoms with Gasteiger partial charge in [0.1, 0.15) is 5.69 Å². The number of hydrogen-bond acceptors (Lipinski definition) is 6. The van der Waals surface area contributed by atoms with Crippen LogP contribution in [0, 0.1) is 0 Å². The Balaban J connectivity index is 2.75. The number of sulfonamides is 1. The van der Waals surface area contributed by atoms with Crippen molar-refractivity contribution in [2.24, 2.45) is 5.14 Å². The summed E-state index contributed by atoms with van der Waals surface area (Å²) < 4.78 is 24.6. The van der Waals surface area contributed by atoms with Gasteiger partial charge in [-0.25, -0.2) is 18.5 Å². The summed E-state index contributed by atoms with van der Waals surface area (Å²) in [5.74, 6) is 0.310. The SMILES string of the molecule is CC(C)(C)n1c(-c2cnccn2)nnc1S(N)(=O)=O. The second-order valence-corrected chi connectivity index (χ2v) is 6.40. The maximum atomic E-state index is 11.6. The van der Waals surface area contributed by atoms with Gasteiger partial charge in [-0.1, -0.05) is 0 Å². The molecule has 102 valence electrons. The first-order chi connectivity index (χ1) is 8.71. The summed E-state index contributed by atoms with van der Waals surface area (Å²) in [6.07, 6.45) is 4.49. The van der Waals surface area contributed by atoms with Gasteiger partial charge in [-0.15, -0.1) is 10.2 Å². The molecule has 0 unspecified atom stereocenters. The van der Waals surface area contributed by atoms with E-state index in [1.54, 1.807) is 0 Å². The summed E-state index contributed by atoms with van der Waals surface area (Å²) in [4.78, 5) is 8.03. The molecule has 0 atom stereocenters. The van der Waals surface area contributed by atoms with Gasteiger partial charge in [0, 0.05) is 17.9 Å². The van der Waals surface area contributed by atoms with Crippen molar-refractivity contribution in [1.82, 2.24) is 24.7 Å². The van der Waals surface area contributed by atoms with Crippen LogP contribution in [0.25, 0.3) is 11.5 Å². The third-order valence-corrected chi connectivity index (χ3v) is 3.12. The van der Waals surface area contributed by atoms with Gasteiger partial charge in [0.15, 0.2) is 5.82 Å². The molecule has 19 heavy (non-hydrogen) atoms. The summed E-state index contributed by atoms with van der Waals surface area (Å²) in [5.41, 5.74) is -0.141. The summed E-state index contributed by atoms with van der Waals surface area (Å²) in [7, 11) is -3.96. The predicted octanol–water partition coefficient (Wildman–Crippen LogP) is 0.138. The maximum absolute atomic E-state index is 11.6. The lowest BCUT2D eigenvalue weighted by atomic mass is 10.1. The fourth-order valence-corrected chi connectivity index (χ4v) is 2.41. The number of nitrogens with zero attached hydrogens (tertiary/aromatic N) is 5. The fraction of sp³-hybridized carbons (Fsp3) is 0.400. The molecule has 8 nitrogen and oxygen atoms in total. The van der Waals surface area contributed by atoms with Crippen LogP contribution in [0.1, 0.15) is 20.8 Å². The minimum absolute atomic E-state index is 0.291. The topological polar surface area (TPSA) is 117 Å². The molecule has 0 fully saturated rings. The van der Waals surface area contributed by atoms with Gasteiger partial charge in [-0.05, 0) is 20.8 Å². The van der Waals surface area contributed by atoms with Gasteiger partial charge >= 0.3 is 0 Å². The molecule has 0 amide bonds. The zero-order valence-corrected chi connectivity index (χ0v) is 11.6. The first kappa shape index (κ1) is 13.6. The summed E-state index contributed by atoms with van der Waals surface area (Å²) in [5, 5.41) is 12.4. The Morgan fingerprint density at radius 1 is 1.21 bits per heavy atom. The van der Waals surface area contributed by atoms with Crippen molar-refractivity contribution in [3.8, 4) is 11.5 Å². The van der Waals surface area contributed by atoms with Crippen molar-refractivity contribution in [1.29, 1.82) is 0 Å². The Labute approximate surface area is 110 Å². The summed E-state index contributed by atoms with van der Waals surface area (Å²) in [6, 6.07) is 0. The highest BCUT2D eigenvalue weighted by Gasteiger charge is 2.29. The number of aromatic nitrogens is 5. The molecular formula is C10H14N6O2S. The summed E-state index contributed by atoms with van der Waals surface area (Å²) in [6.45, 7) is 5.47. The molecule has 0 bridgehead atoms. The number of nitrogens with two attached hydrogens (primary N) is 1. The smallest absolute Gasteiger partial charge is 0.273 e. The van der Waals surface area contributed by atoms with Crippen molar-refractivity contribution in [3.05, 3.63) is 18.6 Å². The minimum Gasteiger partial charge on any atom is -0.290 e. The molecule has 0 radical (unpaired) electrons. The highest BCUT2D eigenvalue weighted by atomic mass is 32.2. The second kappa shape index (κ2) is 4.35. The first-order valence-corrected chi connectivity index (χ1v) is 7.01. The van der Waals surface area contributed by atoms with Crippen LogP contribution in [-0.4, -0.2) is 33.2 Å². The van der Waals surface area contributed by atoms with E-state index < -0.39 is 15.6 Å². The maximum Gasteiger partial charge on any atom is 0.273 e. The van der Waals surface area contributed by atoms with Gasteiger partial charge in [-0.2, -0.15) is 0 Å². The van der Waals surface area contributed by atoms with Crippen LogP contribution in [0.5, 0.6) is 0 Å². The van der Waals surface area contributed by atoms with Crippen molar-refractivity contribution < 1.29 is 8.42 Å². The Kier molecular flexibility index (Phi) is 3.11. The Morgan fingerprint density at radius 2 is 1.89 bits per heavy atom. The van der Waals surface area contributed by atoms with Gasteiger partial charge in [0.05, 0.1) is 6.20 Å². The van der Waals surface area contributed by atoms with E-state index >= 15 is 0 Å². The molecule has 0 saturated heterocycles. The Bertz CT molecular complexity index is 687.